The van der Waals surface area contributed by atoms with E-state index in [1.54, 1.807) is 12.3 Å². The summed E-state index contributed by atoms with van der Waals surface area (Å²) in [7, 11) is 0. The van der Waals surface area contributed by atoms with Crippen LogP contribution in [0.2, 0.25) is 0 Å². The molecule has 0 atom stereocenters. The Hall–Kier alpha value is -1.45. The first kappa shape index (κ1) is 9.64. The summed E-state index contributed by atoms with van der Waals surface area (Å²) in [4.78, 5) is 18.4. The van der Waals surface area contributed by atoms with Gasteiger partial charge in [0.1, 0.15) is 5.69 Å². The van der Waals surface area contributed by atoms with Crippen molar-refractivity contribution in [1.29, 1.82) is 0 Å². The summed E-state index contributed by atoms with van der Waals surface area (Å²) in [5, 5.41) is 3.07. The van der Waals surface area contributed by atoms with Gasteiger partial charge in [0.25, 0.3) is 0 Å². The highest BCUT2D eigenvalue weighted by atomic mass is 16.1. The molecule has 0 unspecified atom stereocenters. The van der Waals surface area contributed by atoms with Crippen LogP contribution >= 0.6 is 0 Å². The van der Waals surface area contributed by atoms with Crippen LogP contribution in [-0.2, 0) is 0 Å². The highest BCUT2D eigenvalue weighted by Crippen LogP contribution is 2.08. The predicted octanol–water partition coefficient (Wildman–Crippen LogP) is 1.50. The normalized spacial score (nSPS) is 11.0. The second-order valence-corrected chi connectivity index (χ2v) is 3.80. The summed E-state index contributed by atoms with van der Waals surface area (Å²) in [5.74, 6) is 0.483. The molecule has 1 aromatic rings. The molecule has 13 heavy (non-hydrogen) atoms. The summed E-state index contributed by atoms with van der Waals surface area (Å²) in [5.41, 5.74) is 0.295. The molecule has 0 spiro atoms. The molecular formula is C9H13N3O. The van der Waals surface area contributed by atoms with Gasteiger partial charge in [-0.15, -0.1) is 0 Å². The van der Waals surface area contributed by atoms with E-state index < -0.39 is 0 Å². The van der Waals surface area contributed by atoms with Crippen molar-refractivity contribution >= 4 is 12.2 Å². The largest absolute Gasteiger partial charge is 0.350 e. The molecule has 4 heteroatoms. The van der Waals surface area contributed by atoms with E-state index in [0.717, 1.165) is 0 Å². The topological polar surface area (TPSA) is 54.9 Å². The molecule has 0 aromatic carbocycles. The molecule has 0 aliphatic carbocycles. The van der Waals surface area contributed by atoms with Crippen LogP contribution in [0.25, 0.3) is 0 Å². The second-order valence-electron chi connectivity index (χ2n) is 3.80. The van der Waals surface area contributed by atoms with E-state index in [1.807, 2.05) is 20.8 Å². The molecule has 1 rings (SSSR count). The van der Waals surface area contributed by atoms with Crippen LogP contribution in [0, 0.1) is 0 Å². The average Bonchev–Trinajstić information content (AvgIpc) is 2.01. The van der Waals surface area contributed by atoms with Crippen LogP contribution in [0.1, 0.15) is 31.3 Å². The number of aromatic nitrogens is 2. The average molecular weight is 179 g/mol. The van der Waals surface area contributed by atoms with Crippen molar-refractivity contribution in [2.75, 3.05) is 5.32 Å². The molecule has 0 aliphatic rings. The minimum absolute atomic E-state index is 0.0957. The number of aldehydes is 1. The minimum atomic E-state index is -0.0957. The maximum Gasteiger partial charge on any atom is 0.223 e. The Bertz CT molecular complexity index is 304. The Labute approximate surface area is 77.4 Å². The molecule has 0 fully saturated rings. The quantitative estimate of drug-likeness (QED) is 0.699. The van der Waals surface area contributed by atoms with E-state index in [0.29, 0.717) is 17.9 Å². The maximum absolute atomic E-state index is 10.4. The number of nitrogens with one attached hydrogen (secondary N) is 1. The van der Waals surface area contributed by atoms with Crippen LogP contribution in [0.15, 0.2) is 12.3 Å². The van der Waals surface area contributed by atoms with Gasteiger partial charge >= 0.3 is 0 Å². The molecule has 1 aromatic heterocycles. The molecule has 0 bridgehead atoms. The molecule has 0 saturated carbocycles. The molecule has 1 N–H and O–H groups in total. The lowest BCUT2D eigenvalue weighted by molar-refractivity contribution is 0.111. The Morgan fingerprint density at radius 2 is 2.15 bits per heavy atom. The number of hydrogen-bond acceptors (Lipinski definition) is 4. The van der Waals surface area contributed by atoms with E-state index in [4.69, 9.17) is 0 Å². The van der Waals surface area contributed by atoms with Crippen LogP contribution in [0.5, 0.6) is 0 Å². The number of carbonyl (C=O) groups excluding carboxylic acids is 1. The number of nitrogens with zero attached hydrogens (tertiary/aromatic N) is 2. The zero-order valence-corrected chi connectivity index (χ0v) is 8.03. The van der Waals surface area contributed by atoms with Gasteiger partial charge in [-0.25, -0.2) is 9.97 Å². The van der Waals surface area contributed by atoms with Gasteiger partial charge in [-0.2, -0.15) is 0 Å². The van der Waals surface area contributed by atoms with Crippen molar-refractivity contribution < 1.29 is 4.79 Å². The summed E-state index contributed by atoms with van der Waals surface area (Å²) < 4.78 is 0. The Morgan fingerprint density at radius 3 is 2.69 bits per heavy atom. The first-order chi connectivity index (χ1) is 6.01. The number of anilines is 1. The predicted molar refractivity (Wildman–Crippen MR) is 50.8 cm³/mol. The van der Waals surface area contributed by atoms with Gasteiger partial charge in [-0.1, -0.05) is 0 Å². The van der Waals surface area contributed by atoms with Crippen LogP contribution < -0.4 is 5.32 Å². The van der Waals surface area contributed by atoms with Gasteiger partial charge in [-0.05, 0) is 26.8 Å². The number of rotatable bonds is 2. The molecule has 1 heterocycles. The van der Waals surface area contributed by atoms with Crippen molar-refractivity contribution in [2.45, 2.75) is 26.3 Å². The fourth-order valence-electron chi connectivity index (χ4n) is 0.834. The standard InChI is InChI=1S/C9H13N3O/c1-9(2,3)12-8-10-5-4-7(6-13)11-8/h4-6H,1-3H3,(H,10,11,12). The van der Waals surface area contributed by atoms with Crippen molar-refractivity contribution in [3.63, 3.8) is 0 Å². The molecule has 0 aliphatic heterocycles. The van der Waals surface area contributed by atoms with Gasteiger partial charge in [0.2, 0.25) is 5.95 Å². The van der Waals surface area contributed by atoms with Crippen molar-refractivity contribution in [3.8, 4) is 0 Å². The maximum atomic E-state index is 10.4. The van der Waals surface area contributed by atoms with Crippen molar-refractivity contribution in [3.05, 3.63) is 18.0 Å². The first-order valence-electron chi connectivity index (χ1n) is 4.08. The minimum Gasteiger partial charge on any atom is -0.350 e. The van der Waals surface area contributed by atoms with Gasteiger partial charge in [-0.3, -0.25) is 4.79 Å². The van der Waals surface area contributed by atoms with Gasteiger partial charge < -0.3 is 5.32 Å². The zero-order chi connectivity index (χ0) is 9.90. The molecule has 70 valence electrons. The van der Waals surface area contributed by atoms with E-state index in [-0.39, 0.29) is 5.54 Å². The third-order valence-corrected chi connectivity index (χ3v) is 1.28. The molecule has 4 nitrogen and oxygen atoms in total. The number of carbonyl (C=O) groups is 1. The fraction of sp³-hybridized carbons (Fsp3) is 0.444. The van der Waals surface area contributed by atoms with Crippen molar-refractivity contribution in [2.24, 2.45) is 0 Å². The van der Waals surface area contributed by atoms with E-state index in [9.17, 15) is 4.79 Å². The molecule has 0 saturated heterocycles. The lowest BCUT2D eigenvalue weighted by Gasteiger charge is -2.20. The lowest BCUT2D eigenvalue weighted by atomic mass is 10.1. The first-order valence-corrected chi connectivity index (χ1v) is 4.08. The highest BCUT2D eigenvalue weighted by Gasteiger charge is 2.10. The summed E-state index contributed by atoms with van der Waals surface area (Å²) >= 11 is 0. The van der Waals surface area contributed by atoms with Crippen LogP contribution in [0.4, 0.5) is 5.95 Å². The van der Waals surface area contributed by atoms with Crippen molar-refractivity contribution in [1.82, 2.24) is 9.97 Å². The van der Waals surface area contributed by atoms with E-state index in [1.165, 1.54) is 0 Å². The molecule has 0 amide bonds. The summed E-state index contributed by atoms with van der Waals surface area (Å²) in [6.45, 7) is 6.01. The lowest BCUT2D eigenvalue weighted by Crippen LogP contribution is -2.27. The van der Waals surface area contributed by atoms with E-state index in [2.05, 4.69) is 15.3 Å². The third-order valence-electron chi connectivity index (χ3n) is 1.28. The highest BCUT2D eigenvalue weighted by molar-refractivity contribution is 5.71. The monoisotopic (exact) mass is 179 g/mol. The van der Waals surface area contributed by atoms with Crippen LogP contribution in [0.3, 0.4) is 0 Å². The fourth-order valence-corrected chi connectivity index (χ4v) is 0.834. The summed E-state index contributed by atoms with van der Waals surface area (Å²) in [6, 6.07) is 1.57. The molecular weight excluding hydrogens is 166 g/mol. The third kappa shape index (κ3) is 3.19. The van der Waals surface area contributed by atoms with Crippen LogP contribution in [-0.4, -0.2) is 21.8 Å². The SMILES string of the molecule is CC(C)(C)Nc1nccc(C=O)n1. The smallest absolute Gasteiger partial charge is 0.223 e. The Morgan fingerprint density at radius 1 is 1.46 bits per heavy atom. The summed E-state index contributed by atoms with van der Waals surface area (Å²) in [6.07, 6.45) is 2.26. The Balaban J connectivity index is 2.84. The van der Waals surface area contributed by atoms with E-state index >= 15 is 0 Å². The zero-order valence-electron chi connectivity index (χ0n) is 8.03. The Kier molecular flexibility index (Phi) is 2.60. The van der Waals surface area contributed by atoms with Gasteiger partial charge in [0, 0.05) is 11.7 Å². The van der Waals surface area contributed by atoms with Gasteiger partial charge in [0.15, 0.2) is 6.29 Å². The number of hydrogen-bond donors (Lipinski definition) is 1. The molecule has 0 radical (unpaired) electrons. The second kappa shape index (κ2) is 3.51. The van der Waals surface area contributed by atoms with Gasteiger partial charge in [0.05, 0.1) is 0 Å².